The molecule has 1 aromatic carbocycles. The molecule has 1 aromatic rings. The van der Waals surface area contributed by atoms with Crippen molar-refractivity contribution in [3.8, 4) is 6.07 Å². The lowest BCUT2D eigenvalue weighted by atomic mass is 10.1. The highest BCUT2D eigenvalue weighted by Gasteiger charge is 2.26. The summed E-state index contributed by atoms with van der Waals surface area (Å²) in [4.78, 5) is 13.5. The molecule has 0 bridgehead atoms. The van der Waals surface area contributed by atoms with E-state index in [1.54, 1.807) is 0 Å². The Labute approximate surface area is 113 Å². The number of hydrazine groups is 1. The number of nitrogens with zero attached hydrogens (tertiary/aromatic N) is 2. The first-order chi connectivity index (χ1) is 9.56. The molecule has 6 nitrogen and oxygen atoms in total. The van der Waals surface area contributed by atoms with E-state index < -0.39 is 29.3 Å². The van der Waals surface area contributed by atoms with Gasteiger partial charge in [0.15, 0.2) is 17.7 Å². The van der Waals surface area contributed by atoms with Crippen molar-refractivity contribution in [2.75, 3.05) is 25.1 Å². The summed E-state index contributed by atoms with van der Waals surface area (Å²) >= 11 is 0. The van der Waals surface area contributed by atoms with Crippen LogP contribution in [0.5, 0.6) is 0 Å². The minimum Gasteiger partial charge on any atom is -0.360 e. The molecular formula is C12H12F2N4O2. The molecule has 106 valence electrons. The van der Waals surface area contributed by atoms with E-state index in [9.17, 15) is 13.6 Å². The number of nitriles is 1. The summed E-state index contributed by atoms with van der Waals surface area (Å²) in [5, 5.41) is 8.76. The molecule has 1 amide bonds. The van der Waals surface area contributed by atoms with Crippen LogP contribution in [0.3, 0.4) is 0 Å². The van der Waals surface area contributed by atoms with Gasteiger partial charge in [-0.05, 0) is 12.1 Å². The summed E-state index contributed by atoms with van der Waals surface area (Å²) in [6.45, 7) is 0.532. The Morgan fingerprint density at radius 3 is 2.70 bits per heavy atom. The molecule has 1 saturated heterocycles. The molecule has 1 aliphatic rings. The average molecular weight is 282 g/mol. The predicted octanol–water partition coefficient (Wildman–Crippen LogP) is 0.615. The number of carbonyl (C=O) groups is 1. The van der Waals surface area contributed by atoms with Crippen LogP contribution >= 0.6 is 0 Å². The van der Waals surface area contributed by atoms with Gasteiger partial charge in [0.05, 0.1) is 19.2 Å². The third kappa shape index (κ3) is 2.68. The number of carbonyl (C=O) groups excluding carboxylic acids is 1. The van der Waals surface area contributed by atoms with Crippen molar-refractivity contribution in [1.29, 1.82) is 5.26 Å². The fraction of sp³-hybridized carbons (Fsp3) is 0.333. The van der Waals surface area contributed by atoms with Crippen LogP contribution in [0.1, 0.15) is 10.4 Å². The van der Waals surface area contributed by atoms with Gasteiger partial charge in [0.1, 0.15) is 5.69 Å². The third-order valence-corrected chi connectivity index (χ3v) is 2.93. The van der Waals surface area contributed by atoms with E-state index in [4.69, 9.17) is 15.8 Å². The van der Waals surface area contributed by atoms with E-state index in [0.29, 0.717) is 0 Å². The van der Waals surface area contributed by atoms with Crippen LogP contribution in [-0.2, 0) is 4.74 Å². The first-order valence-corrected chi connectivity index (χ1v) is 5.83. The number of hydrogen-bond donors (Lipinski definition) is 2. The first-order valence-electron chi connectivity index (χ1n) is 5.83. The van der Waals surface area contributed by atoms with Gasteiger partial charge in [0.2, 0.25) is 0 Å². The molecule has 1 unspecified atom stereocenters. The van der Waals surface area contributed by atoms with Gasteiger partial charge in [0.25, 0.3) is 5.91 Å². The number of hydrogen-bond acceptors (Lipinski definition) is 5. The predicted molar refractivity (Wildman–Crippen MR) is 65.4 cm³/mol. The van der Waals surface area contributed by atoms with E-state index in [-0.39, 0.29) is 25.3 Å². The highest BCUT2D eigenvalue weighted by Crippen LogP contribution is 2.21. The molecule has 8 heteroatoms. The monoisotopic (exact) mass is 282 g/mol. The van der Waals surface area contributed by atoms with Crippen LogP contribution in [0.2, 0.25) is 0 Å². The van der Waals surface area contributed by atoms with Gasteiger partial charge in [-0.25, -0.2) is 8.78 Å². The van der Waals surface area contributed by atoms with Crippen molar-refractivity contribution in [3.05, 3.63) is 29.3 Å². The fourth-order valence-corrected chi connectivity index (χ4v) is 1.93. The van der Waals surface area contributed by atoms with Crippen LogP contribution in [-0.4, -0.2) is 36.6 Å². The molecule has 0 aliphatic carbocycles. The van der Waals surface area contributed by atoms with Crippen molar-refractivity contribution < 1.29 is 18.3 Å². The van der Waals surface area contributed by atoms with Crippen molar-refractivity contribution in [3.63, 3.8) is 0 Å². The number of rotatable bonds is 2. The second-order valence-corrected chi connectivity index (χ2v) is 4.20. The maximum absolute atomic E-state index is 13.6. The second-order valence-electron chi connectivity index (χ2n) is 4.20. The Bertz CT molecular complexity index is 550. The van der Waals surface area contributed by atoms with Crippen LogP contribution in [0.15, 0.2) is 12.1 Å². The number of morpholine rings is 1. The molecule has 0 radical (unpaired) electrons. The van der Waals surface area contributed by atoms with E-state index in [1.807, 2.05) is 11.5 Å². The topological polar surface area (TPSA) is 91.4 Å². The zero-order valence-electron chi connectivity index (χ0n) is 10.4. The van der Waals surface area contributed by atoms with Gasteiger partial charge in [-0.1, -0.05) is 0 Å². The standard InChI is InChI=1S/C12H12F2N4O2/c13-9-3-7(4-10(14)11(9)17-16)12(19)18-1-2-20-8(5-15)6-18/h3-4,8,17H,1-2,6,16H2. The summed E-state index contributed by atoms with van der Waals surface area (Å²) in [7, 11) is 0. The van der Waals surface area contributed by atoms with Gasteiger partial charge in [-0.15, -0.1) is 0 Å². The molecule has 20 heavy (non-hydrogen) atoms. The van der Waals surface area contributed by atoms with Crippen molar-refractivity contribution in [2.24, 2.45) is 5.84 Å². The summed E-state index contributed by atoms with van der Waals surface area (Å²) in [5.41, 5.74) is 1.24. The minimum absolute atomic E-state index is 0.0649. The fourth-order valence-electron chi connectivity index (χ4n) is 1.93. The van der Waals surface area contributed by atoms with Gasteiger partial charge in [0, 0.05) is 12.1 Å². The Morgan fingerprint density at radius 2 is 2.15 bits per heavy atom. The van der Waals surface area contributed by atoms with Crippen molar-refractivity contribution in [2.45, 2.75) is 6.10 Å². The summed E-state index contributed by atoms with van der Waals surface area (Å²) < 4.78 is 32.2. The summed E-state index contributed by atoms with van der Waals surface area (Å²) in [5.74, 6) is 2.50. The maximum atomic E-state index is 13.6. The summed E-state index contributed by atoms with van der Waals surface area (Å²) in [6.07, 6.45) is -0.729. The van der Waals surface area contributed by atoms with E-state index in [2.05, 4.69) is 0 Å². The molecule has 3 N–H and O–H groups in total. The largest absolute Gasteiger partial charge is 0.360 e. The normalized spacial score (nSPS) is 18.5. The lowest BCUT2D eigenvalue weighted by molar-refractivity contribution is 0.00343. The number of nitrogens with one attached hydrogen (secondary N) is 1. The number of halogens is 2. The van der Waals surface area contributed by atoms with Crippen LogP contribution < -0.4 is 11.3 Å². The SMILES string of the molecule is N#CC1CN(C(=O)c2cc(F)c(NN)c(F)c2)CCO1. The molecule has 0 saturated carbocycles. The van der Waals surface area contributed by atoms with E-state index in [0.717, 1.165) is 12.1 Å². The van der Waals surface area contributed by atoms with Crippen molar-refractivity contribution >= 4 is 11.6 Å². The number of benzene rings is 1. The lowest BCUT2D eigenvalue weighted by Gasteiger charge is -2.29. The number of nitrogens with two attached hydrogens (primary N) is 1. The third-order valence-electron chi connectivity index (χ3n) is 2.93. The van der Waals surface area contributed by atoms with Gasteiger partial charge < -0.3 is 15.1 Å². The Morgan fingerprint density at radius 1 is 1.50 bits per heavy atom. The van der Waals surface area contributed by atoms with Crippen LogP contribution in [0, 0.1) is 23.0 Å². The Hall–Kier alpha value is -2.24. The lowest BCUT2D eigenvalue weighted by Crippen LogP contribution is -2.45. The average Bonchev–Trinajstić information content (AvgIpc) is 2.46. The number of anilines is 1. The molecule has 1 atom stereocenters. The van der Waals surface area contributed by atoms with E-state index in [1.165, 1.54) is 4.90 Å². The Kier molecular flexibility index (Phi) is 4.12. The van der Waals surface area contributed by atoms with Gasteiger partial charge in [-0.2, -0.15) is 5.26 Å². The highest BCUT2D eigenvalue weighted by atomic mass is 19.1. The maximum Gasteiger partial charge on any atom is 0.254 e. The molecule has 2 rings (SSSR count). The molecule has 0 spiro atoms. The first kappa shape index (κ1) is 14.2. The molecular weight excluding hydrogens is 270 g/mol. The smallest absolute Gasteiger partial charge is 0.254 e. The molecule has 1 aliphatic heterocycles. The zero-order valence-corrected chi connectivity index (χ0v) is 10.4. The van der Waals surface area contributed by atoms with Gasteiger partial charge >= 0.3 is 0 Å². The second kappa shape index (κ2) is 5.81. The highest BCUT2D eigenvalue weighted by molar-refractivity contribution is 5.94. The molecule has 1 fully saturated rings. The van der Waals surface area contributed by atoms with Crippen LogP contribution in [0.4, 0.5) is 14.5 Å². The summed E-state index contributed by atoms with van der Waals surface area (Å²) in [6, 6.07) is 3.69. The number of amides is 1. The minimum atomic E-state index is -0.957. The quantitative estimate of drug-likeness (QED) is 0.612. The zero-order chi connectivity index (χ0) is 14.7. The molecule has 1 heterocycles. The molecule has 0 aromatic heterocycles. The van der Waals surface area contributed by atoms with Gasteiger partial charge in [-0.3, -0.25) is 10.6 Å². The Balaban J connectivity index is 2.23. The van der Waals surface area contributed by atoms with Crippen molar-refractivity contribution in [1.82, 2.24) is 4.90 Å². The van der Waals surface area contributed by atoms with Crippen LogP contribution in [0.25, 0.3) is 0 Å². The number of ether oxygens (including phenoxy) is 1. The number of nitrogen functional groups attached to an aromatic ring is 1. The van der Waals surface area contributed by atoms with E-state index >= 15 is 0 Å².